The third-order valence-electron chi connectivity index (χ3n) is 1.91. The van der Waals surface area contributed by atoms with Crippen LogP contribution in [0.4, 0.5) is 0 Å². The minimum absolute atomic E-state index is 0.608. The molecule has 1 rings (SSSR count). The summed E-state index contributed by atoms with van der Waals surface area (Å²) < 4.78 is 4.91. The van der Waals surface area contributed by atoms with Crippen LogP contribution in [0.1, 0.15) is 25.7 Å². The van der Waals surface area contributed by atoms with Gasteiger partial charge in [0.15, 0.2) is 0 Å². The van der Waals surface area contributed by atoms with Gasteiger partial charge in [0.1, 0.15) is 0 Å². The molecule has 0 saturated carbocycles. The van der Waals surface area contributed by atoms with Crippen LogP contribution in [-0.2, 0) is 4.74 Å². The van der Waals surface area contributed by atoms with Gasteiger partial charge >= 0.3 is 0 Å². The van der Waals surface area contributed by atoms with Gasteiger partial charge < -0.3 is 9.84 Å². The molecule has 2 nitrogen and oxygen atoms in total. The molecule has 0 atom stereocenters. The molecule has 1 N–H and O–H groups in total. The lowest BCUT2D eigenvalue weighted by Gasteiger charge is -2.00. The number of hydrogen-bond donors (Lipinski definition) is 1. The Bertz CT molecular complexity index is 138. The fourth-order valence-corrected chi connectivity index (χ4v) is 1.28. The molecule has 0 spiro atoms. The summed E-state index contributed by atoms with van der Waals surface area (Å²) in [6.07, 6.45) is 3.96. The van der Waals surface area contributed by atoms with Crippen LogP contribution in [0.25, 0.3) is 0 Å². The summed E-state index contributed by atoms with van der Waals surface area (Å²) in [5.74, 6) is 0.608. The van der Waals surface area contributed by atoms with Crippen LogP contribution in [0, 0.1) is 0 Å². The normalized spacial score (nSPS) is 18.5. The third kappa shape index (κ3) is 1.74. The van der Waals surface area contributed by atoms with Gasteiger partial charge in [-0.05, 0) is 24.8 Å². The van der Waals surface area contributed by atoms with E-state index in [1.54, 1.807) is 7.11 Å². The number of allylic oxidation sites excluding steroid dienone is 1. The van der Waals surface area contributed by atoms with Crippen molar-refractivity contribution in [2.24, 2.45) is 0 Å². The van der Waals surface area contributed by atoms with E-state index in [1.807, 2.05) is 0 Å². The zero-order valence-electron chi connectivity index (χ0n) is 6.39. The van der Waals surface area contributed by atoms with Crippen LogP contribution < -0.4 is 0 Å². The number of methoxy groups -OCH3 is 1. The summed E-state index contributed by atoms with van der Waals surface area (Å²) in [5, 5.41) is 9.24. The maximum Gasteiger partial charge on any atom is 0.0915 e. The molecule has 0 amide bonds. The van der Waals surface area contributed by atoms with E-state index in [9.17, 15) is 5.11 Å². The monoisotopic (exact) mass is 142 g/mol. The summed E-state index contributed by atoms with van der Waals surface area (Å²) in [5.41, 5.74) is 1.20. The van der Waals surface area contributed by atoms with Gasteiger partial charge in [0.2, 0.25) is 0 Å². The summed E-state index contributed by atoms with van der Waals surface area (Å²) in [4.78, 5) is 0. The number of hydrogen-bond acceptors (Lipinski definition) is 2. The largest absolute Gasteiger partial charge is 0.512 e. The fraction of sp³-hybridized carbons (Fsp3) is 0.750. The van der Waals surface area contributed by atoms with E-state index < -0.39 is 0 Å². The molecule has 0 fully saturated rings. The highest BCUT2D eigenvalue weighted by atomic mass is 16.5. The zero-order chi connectivity index (χ0) is 7.40. The van der Waals surface area contributed by atoms with Crippen molar-refractivity contribution >= 4 is 0 Å². The van der Waals surface area contributed by atoms with Gasteiger partial charge in [0.25, 0.3) is 0 Å². The lowest BCUT2D eigenvalue weighted by atomic mass is 10.2. The highest BCUT2D eigenvalue weighted by molar-refractivity contribution is 5.12. The van der Waals surface area contributed by atoms with Crippen molar-refractivity contribution in [2.75, 3.05) is 13.7 Å². The average molecular weight is 142 g/mol. The van der Waals surface area contributed by atoms with E-state index in [0.717, 1.165) is 32.3 Å². The smallest absolute Gasteiger partial charge is 0.0915 e. The Balaban J connectivity index is 2.31. The van der Waals surface area contributed by atoms with E-state index in [2.05, 4.69) is 0 Å². The minimum atomic E-state index is 0.608. The quantitative estimate of drug-likeness (QED) is 0.653. The van der Waals surface area contributed by atoms with Gasteiger partial charge in [0.05, 0.1) is 12.4 Å². The Morgan fingerprint density at radius 1 is 1.50 bits per heavy atom. The zero-order valence-corrected chi connectivity index (χ0v) is 6.39. The topological polar surface area (TPSA) is 29.5 Å². The first-order valence-electron chi connectivity index (χ1n) is 3.73. The van der Waals surface area contributed by atoms with Crippen molar-refractivity contribution in [3.8, 4) is 0 Å². The lowest BCUT2D eigenvalue weighted by Crippen LogP contribution is -1.91. The summed E-state index contributed by atoms with van der Waals surface area (Å²) in [7, 11) is 1.69. The second kappa shape index (κ2) is 3.62. The molecule has 0 aromatic rings. The van der Waals surface area contributed by atoms with Crippen LogP contribution in [0.2, 0.25) is 0 Å². The number of rotatable bonds is 3. The Morgan fingerprint density at radius 2 is 2.30 bits per heavy atom. The molecule has 0 aliphatic heterocycles. The van der Waals surface area contributed by atoms with Gasteiger partial charge in [-0.15, -0.1) is 0 Å². The van der Waals surface area contributed by atoms with Crippen molar-refractivity contribution in [1.29, 1.82) is 0 Å². The number of ether oxygens (including phenoxy) is 1. The summed E-state index contributed by atoms with van der Waals surface area (Å²) in [6, 6.07) is 0. The Kier molecular flexibility index (Phi) is 2.75. The van der Waals surface area contributed by atoms with Crippen LogP contribution in [-0.4, -0.2) is 18.8 Å². The lowest BCUT2D eigenvalue weighted by molar-refractivity contribution is 0.200. The molecule has 0 unspecified atom stereocenters. The second-order valence-electron chi connectivity index (χ2n) is 2.65. The van der Waals surface area contributed by atoms with Crippen LogP contribution >= 0.6 is 0 Å². The van der Waals surface area contributed by atoms with Crippen LogP contribution in [0.5, 0.6) is 0 Å². The van der Waals surface area contributed by atoms with Gasteiger partial charge in [-0.1, -0.05) is 0 Å². The molecule has 0 saturated heterocycles. The second-order valence-corrected chi connectivity index (χ2v) is 2.65. The molecule has 0 heterocycles. The molecule has 1 aliphatic rings. The molecule has 10 heavy (non-hydrogen) atoms. The SMILES string of the molecule is COCCC1=C(O)CCC1. The predicted molar refractivity (Wildman–Crippen MR) is 40.0 cm³/mol. The summed E-state index contributed by atoms with van der Waals surface area (Å²) in [6.45, 7) is 0.736. The van der Waals surface area contributed by atoms with Gasteiger partial charge in [-0.3, -0.25) is 0 Å². The first-order valence-corrected chi connectivity index (χ1v) is 3.73. The Labute approximate surface area is 61.5 Å². The number of aliphatic hydroxyl groups excluding tert-OH is 1. The van der Waals surface area contributed by atoms with Gasteiger partial charge in [-0.2, -0.15) is 0 Å². The first-order chi connectivity index (χ1) is 4.84. The van der Waals surface area contributed by atoms with Gasteiger partial charge in [-0.25, -0.2) is 0 Å². The molecule has 2 heteroatoms. The third-order valence-corrected chi connectivity index (χ3v) is 1.91. The highest BCUT2D eigenvalue weighted by Gasteiger charge is 2.11. The van der Waals surface area contributed by atoms with E-state index in [-0.39, 0.29) is 0 Å². The molecule has 0 aromatic carbocycles. The number of aliphatic hydroxyl groups is 1. The maximum absolute atomic E-state index is 9.24. The molecule has 0 aromatic heterocycles. The maximum atomic E-state index is 9.24. The van der Waals surface area contributed by atoms with Crippen molar-refractivity contribution in [3.05, 3.63) is 11.3 Å². The van der Waals surface area contributed by atoms with Crippen LogP contribution in [0.15, 0.2) is 11.3 Å². The Hall–Kier alpha value is -0.500. The molecular weight excluding hydrogens is 128 g/mol. The van der Waals surface area contributed by atoms with Crippen molar-refractivity contribution in [3.63, 3.8) is 0 Å². The average Bonchev–Trinajstić information content (AvgIpc) is 2.31. The predicted octanol–water partition coefficient (Wildman–Crippen LogP) is 2.02. The van der Waals surface area contributed by atoms with Gasteiger partial charge in [0, 0.05) is 13.5 Å². The minimum Gasteiger partial charge on any atom is -0.512 e. The van der Waals surface area contributed by atoms with Crippen LogP contribution in [0.3, 0.4) is 0 Å². The summed E-state index contributed by atoms with van der Waals surface area (Å²) >= 11 is 0. The first kappa shape index (κ1) is 7.61. The molecule has 1 aliphatic carbocycles. The standard InChI is InChI=1S/C8H14O2/c1-10-6-5-7-3-2-4-8(7)9/h9H,2-6H2,1H3. The van der Waals surface area contributed by atoms with E-state index >= 15 is 0 Å². The fourth-order valence-electron chi connectivity index (χ4n) is 1.28. The molecule has 0 bridgehead atoms. The molecule has 58 valence electrons. The molecule has 0 radical (unpaired) electrons. The van der Waals surface area contributed by atoms with Crippen molar-refractivity contribution < 1.29 is 9.84 Å². The molecular formula is C8H14O2. The van der Waals surface area contributed by atoms with E-state index in [1.165, 1.54) is 5.57 Å². The highest BCUT2D eigenvalue weighted by Crippen LogP contribution is 2.25. The Morgan fingerprint density at radius 3 is 2.80 bits per heavy atom. The van der Waals surface area contributed by atoms with E-state index in [4.69, 9.17) is 4.74 Å². The van der Waals surface area contributed by atoms with Crippen molar-refractivity contribution in [2.45, 2.75) is 25.7 Å². The van der Waals surface area contributed by atoms with E-state index in [0.29, 0.717) is 5.76 Å². The van der Waals surface area contributed by atoms with Crippen molar-refractivity contribution in [1.82, 2.24) is 0 Å².